The molecule has 0 spiro atoms. The van der Waals surface area contributed by atoms with Gasteiger partial charge >= 0.3 is 6.03 Å². The highest BCUT2D eigenvalue weighted by atomic mass is 16.5. The van der Waals surface area contributed by atoms with Crippen molar-refractivity contribution in [2.45, 2.75) is 13.8 Å². The molecule has 132 valence electrons. The van der Waals surface area contributed by atoms with Gasteiger partial charge in [0, 0.05) is 0 Å². The van der Waals surface area contributed by atoms with Crippen LogP contribution < -0.4 is 15.0 Å². The highest BCUT2D eigenvalue weighted by Gasteiger charge is 2.36. The van der Waals surface area contributed by atoms with Gasteiger partial charge in [-0.1, -0.05) is 24.3 Å². The van der Waals surface area contributed by atoms with Gasteiger partial charge in [0.2, 0.25) is 0 Å². The summed E-state index contributed by atoms with van der Waals surface area (Å²) in [6, 6.07) is 13.1. The first-order valence-corrected chi connectivity index (χ1v) is 8.21. The number of imide groups is 2. The second-order valence-corrected chi connectivity index (χ2v) is 5.74. The number of anilines is 1. The molecule has 6 nitrogen and oxygen atoms in total. The number of rotatable bonds is 4. The van der Waals surface area contributed by atoms with Crippen LogP contribution in [0.25, 0.3) is 6.08 Å². The molecule has 2 aromatic rings. The van der Waals surface area contributed by atoms with Crippen LogP contribution in [0.15, 0.2) is 54.1 Å². The van der Waals surface area contributed by atoms with Crippen molar-refractivity contribution in [1.29, 1.82) is 0 Å². The van der Waals surface area contributed by atoms with Crippen molar-refractivity contribution in [3.63, 3.8) is 0 Å². The van der Waals surface area contributed by atoms with E-state index in [1.165, 1.54) is 6.08 Å². The highest BCUT2D eigenvalue weighted by molar-refractivity contribution is 6.39. The first-order valence-electron chi connectivity index (χ1n) is 8.21. The van der Waals surface area contributed by atoms with E-state index < -0.39 is 17.8 Å². The van der Waals surface area contributed by atoms with Crippen LogP contribution in [0.3, 0.4) is 0 Å². The Morgan fingerprint density at radius 1 is 1.04 bits per heavy atom. The molecule has 1 aliphatic heterocycles. The first kappa shape index (κ1) is 17.4. The number of nitrogens with one attached hydrogen (secondary N) is 1. The topological polar surface area (TPSA) is 75.7 Å². The molecule has 0 aliphatic carbocycles. The number of carbonyl (C=O) groups is 3. The lowest BCUT2D eigenvalue weighted by atomic mass is 10.0. The predicted octanol–water partition coefficient (Wildman–Crippen LogP) is 3.06. The van der Waals surface area contributed by atoms with Gasteiger partial charge in [-0.2, -0.15) is 0 Å². The van der Waals surface area contributed by atoms with Crippen LogP contribution in [0.4, 0.5) is 10.5 Å². The second-order valence-electron chi connectivity index (χ2n) is 5.74. The molecule has 4 amide bonds. The molecule has 1 heterocycles. The van der Waals surface area contributed by atoms with Gasteiger partial charge in [-0.3, -0.25) is 14.9 Å². The Morgan fingerprint density at radius 3 is 2.38 bits per heavy atom. The van der Waals surface area contributed by atoms with E-state index in [9.17, 15) is 14.4 Å². The molecule has 1 fully saturated rings. The molecule has 2 aromatic carbocycles. The number of benzene rings is 2. The Bertz CT molecular complexity index is 900. The summed E-state index contributed by atoms with van der Waals surface area (Å²) in [5, 5.41) is 2.22. The predicted molar refractivity (Wildman–Crippen MR) is 97.8 cm³/mol. The monoisotopic (exact) mass is 350 g/mol. The molecular formula is C20H18N2O4. The maximum Gasteiger partial charge on any atom is 0.335 e. The largest absolute Gasteiger partial charge is 0.494 e. The van der Waals surface area contributed by atoms with Crippen LogP contribution in [-0.4, -0.2) is 24.5 Å². The summed E-state index contributed by atoms with van der Waals surface area (Å²) in [5.41, 5.74) is 1.93. The van der Waals surface area contributed by atoms with E-state index in [0.717, 1.165) is 16.0 Å². The number of barbiturate groups is 1. The summed E-state index contributed by atoms with van der Waals surface area (Å²) in [5.74, 6) is -0.732. The van der Waals surface area contributed by atoms with E-state index in [1.54, 1.807) is 30.3 Å². The fraction of sp³-hybridized carbons (Fsp3) is 0.150. The second kappa shape index (κ2) is 7.23. The van der Waals surface area contributed by atoms with Crippen molar-refractivity contribution >= 4 is 29.6 Å². The Morgan fingerprint density at radius 2 is 1.73 bits per heavy atom. The zero-order valence-electron chi connectivity index (χ0n) is 14.5. The molecule has 0 aromatic heterocycles. The van der Waals surface area contributed by atoms with Crippen molar-refractivity contribution in [2.24, 2.45) is 0 Å². The zero-order valence-corrected chi connectivity index (χ0v) is 14.5. The molecule has 0 unspecified atom stereocenters. The molecule has 3 rings (SSSR count). The summed E-state index contributed by atoms with van der Waals surface area (Å²) in [6.45, 7) is 4.26. The Balaban J connectivity index is 1.97. The molecule has 0 bridgehead atoms. The summed E-state index contributed by atoms with van der Waals surface area (Å²) in [4.78, 5) is 38.1. The molecular weight excluding hydrogens is 332 g/mol. The summed E-state index contributed by atoms with van der Waals surface area (Å²) in [6.07, 6.45) is 1.50. The average molecular weight is 350 g/mol. The normalized spacial score (nSPS) is 16.0. The van der Waals surface area contributed by atoms with Gasteiger partial charge in [0.25, 0.3) is 11.8 Å². The van der Waals surface area contributed by atoms with E-state index in [1.807, 2.05) is 32.0 Å². The first-order chi connectivity index (χ1) is 12.5. The van der Waals surface area contributed by atoms with Gasteiger partial charge < -0.3 is 4.74 Å². The Kier molecular flexibility index (Phi) is 4.84. The fourth-order valence-corrected chi connectivity index (χ4v) is 2.65. The molecule has 0 atom stereocenters. The van der Waals surface area contributed by atoms with Crippen LogP contribution in [-0.2, 0) is 9.59 Å². The summed E-state index contributed by atoms with van der Waals surface area (Å²) in [7, 11) is 0. The number of amides is 4. The van der Waals surface area contributed by atoms with Gasteiger partial charge in [0.1, 0.15) is 11.3 Å². The van der Waals surface area contributed by atoms with Gasteiger partial charge in [0.15, 0.2) is 0 Å². The van der Waals surface area contributed by atoms with Crippen molar-refractivity contribution in [3.8, 4) is 5.75 Å². The van der Waals surface area contributed by atoms with Gasteiger partial charge in [-0.15, -0.1) is 0 Å². The lowest BCUT2D eigenvalue weighted by molar-refractivity contribution is -0.122. The fourth-order valence-electron chi connectivity index (χ4n) is 2.65. The molecule has 26 heavy (non-hydrogen) atoms. The van der Waals surface area contributed by atoms with Crippen LogP contribution in [0.1, 0.15) is 18.1 Å². The van der Waals surface area contributed by atoms with E-state index in [-0.39, 0.29) is 5.57 Å². The minimum Gasteiger partial charge on any atom is -0.494 e. The van der Waals surface area contributed by atoms with Crippen LogP contribution in [0.2, 0.25) is 0 Å². The molecule has 0 radical (unpaired) electrons. The Labute approximate surface area is 151 Å². The smallest absolute Gasteiger partial charge is 0.335 e. The molecule has 1 N–H and O–H groups in total. The number of urea groups is 1. The van der Waals surface area contributed by atoms with E-state index >= 15 is 0 Å². The third kappa shape index (κ3) is 3.35. The minimum absolute atomic E-state index is 0.0900. The number of aryl methyl sites for hydroxylation is 1. The zero-order chi connectivity index (χ0) is 18.7. The van der Waals surface area contributed by atoms with Crippen LogP contribution >= 0.6 is 0 Å². The third-order valence-corrected chi connectivity index (χ3v) is 4.00. The van der Waals surface area contributed by atoms with Gasteiger partial charge in [-0.05, 0) is 55.3 Å². The van der Waals surface area contributed by atoms with Crippen molar-refractivity contribution in [2.75, 3.05) is 11.5 Å². The van der Waals surface area contributed by atoms with E-state index in [4.69, 9.17) is 4.74 Å². The van der Waals surface area contributed by atoms with Gasteiger partial charge in [-0.25, -0.2) is 9.69 Å². The maximum atomic E-state index is 12.8. The summed E-state index contributed by atoms with van der Waals surface area (Å²) >= 11 is 0. The maximum absolute atomic E-state index is 12.8. The SMILES string of the molecule is CCOc1ccc(N2C(=O)NC(=O)/C(=C\c3ccccc3C)C2=O)cc1. The number of carbonyl (C=O) groups excluding carboxylic acids is 3. The highest BCUT2D eigenvalue weighted by Crippen LogP contribution is 2.24. The average Bonchev–Trinajstić information content (AvgIpc) is 2.61. The molecule has 1 saturated heterocycles. The van der Waals surface area contributed by atoms with Gasteiger partial charge in [0.05, 0.1) is 12.3 Å². The molecule has 0 saturated carbocycles. The number of hydrogen-bond donors (Lipinski definition) is 1. The quantitative estimate of drug-likeness (QED) is 0.679. The lowest BCUT2D eigenvalue weighted by Gasteiger charge is -2.26. The third-order valence-electron chi connectivity index (χ3n) is 4.00. The lowest BCUT2D eigenvalue weighted by Crippen LogP contribution is -2.54. The Hall–Kier alpha value is -3.41. The van der Waals surface area contributed by atoms with E-state index in [0.29, 0.717) is 18.0 Å². The molecule has 1 aliphatic rings. The minimum atomic E-state index is -0.772. The number of ether oxygens (including phenoxy) is 1. The summed E-state index contributed by atoms with van der Waals surface area (Å²) < 4.78 is 5.36. The van der Waals surface area contributed by atoms with Crippen LogP contribution in [0.5, 0.6) is 5.75 Å². The number of nitrogens with zero attached hydrogens (tertiary/aromatic N) is 1. The molecule has 6 heteroatoms. The standard InChI is InChI=1S/C20H18N2O4/c1-3-26-16-10-8-15(9-11-16)22-19(24)17(18(23)21-20(22)25)12-14-7-5-4-6-13(14)2/h4-12H,3H2,1-2H3,(H,21,23,25)/b17-12+. The van der Waals surface area contributed by atoms with Crippen molar-refractivity contribution in [1.82, 2.24) is 5.32 Å². The van der Waals surface area contributed by atoms with E-state index in [2.05, 4.69) is 5.32 Å². The van der Waals surface area contributed by atoms with Crippen molar-refractivity contribution < 1.29 is 19.1 Å². The van der Waals surface area contributed by atoms with Crippen molar-refractivity contribution in [3.05, 3.63) is 65.2 Å². The van der Waals surface area contributed by atoms with Crippen LogP contribution in [0, 0.1) is 6.92 Å². The number of hydrogen-bond acceptors (Lipinski definition) is 4.